The number of hydrogen-bond acceptors (Lipinski definition) is 3. The molecular weight excluding hydrogens is 192 g/mol. The zero-order valence-electron chi connectivity index (χ0n) is 9.88. The highest BCUT2D eigenvalue weighted by atomic mass is 16.5. The van der Waals surface area contributed by atoms with Gasteiger partial charge in [0.1, 0.15) is 6.10 Å². The molecule has 0 radical (unpaired) electrons. The standard InChI is InChI=1S/C11H22N2O2/c1-4-11(3,7-12)13-10(14)9-8(2)5-6-15-9/h8-9H,4-7,12H2,1-3H3,(H,13,14). The van der Waals surface area contributed by atoms with Crippen LogP contribution < -0.4 is 11.1 Å². The predicted octanol–water partition coefficient (Wildman–Crippen LogP) is 0.655. The largest absolute Gasteiger partial charge is 0.368 e. The lowest BCUT2D eigenvalue weighted by Gasteiger charge is -2.29. The lowest BCUT2D eigenvalue weighted by molar-refractivity contribution is -0.133. The first-order valence-corrected chi connectivity index (χ1v) is 5.66. The second kappa shape index (κ2) is 4.94. The first-order valence-electron chi connectivity index (χ1n) is 5.66. The van der Waals surface area contributed by atoms with Crippen molar-refractivity contribution < 1.29 is 9.53 Å². The summed E-state index contributed by atoms with van der Waals surface area (Å²) in [5.74, 6) is 0.290. The Bertz CT molecular complexity index is 227. The van der Waals surface area contributed by atoms with Gasteiger partial charge >= 0.3 is 0 Å². The summed E-state index contributed by atoms with van der Waals surface area (Å²) in [5, 5.41) is 2.98. The fourth-order valence-corrected chi connectivity index (χ4v) is 1.68. The Morgan fingerprint density at radius 1 is 1.67 bits per heavy atom. The molecule has 88 valence electrons. The summed E-state index contributed by atoms with van der Waals surface area (Å²) in [7, 11) is 0. The maximum Gasteiger partial charge on any atom is 0.249 e. The topological polar surface area (TPSA) is 64.3 Å². The van der Waals surface area contributed by atoms with Crippen LogP contribution in [0.2, 0.25) is 0 Å². The van der Waals surface area contributed by atoms with Crippen LogP contribution in [0.5, 0.6) is 0 Å². The molecular formula is C11H22N2O2. The summed E-state index contributed by atoms with van der Waals surface area (Å²) in [6.45, 7) is 7.17. The summed E-state index contributed by atoms with van der Waals surface area (Å²) in [6.07, 6.45) is 1.50. The third-order valence-electron chi connectivity index (χ3n) is 3.30. The average molecular weight is 214 g/mol. The van der Waals surface area contributed by atoms with E-state index in [9.17, 15) is 4.79 Å². The number of hydrogen-bond donors (Lipinski definition) is 2. The number of nitrogens with two attached hydrogens (primary N) is 1. The minimum absolute atomic E-state index is 0.0187. The van der Waals surface area contributed by atoms with Gasteiger partial charge in [-0.15, -0.1) is 0 Å². The summed E-state index contributed by atoms with van der Waals surface area (Å²) in [5.41, 5.74) is 5.34. The predicted molar refractivity (Wildman–Crippen MR) is 59.4 cm³/mol. The van der Waals surface area contributed by atoms with Crippen molar-refractivity contribution in [3.63, 3.8) is 0 Å². The van der Waals surface area contributed by atoms with Gasteiger partial charge < -0.3 is 15.8 Å². The van der Waals surface area contributed by atoms with E-state index in [2.05, 4.69) is 5.32 Å². The van der Waals surface area contributed by atoms with E-state index < -0.39 is 0 Å². The zero-order chi connectivity index (χ0) is 11.5. The van der Waals surface area contributed by atoms with Crippen LogP contribution in [0.15, 0.2) is 0 Å². The van der Waals surface area contributed by atoms with Crippen molar-refractivity contribution in [3.8, 4) is 0 Å². The Balaban J connectivity index is 2.54. The molecule has 3 N–H and O–H groups in total. The van der Waals surface area contributed by atoms with E-state index in [1.807, 2.05) is 20.8 Å². The Morgan fingerprint density at radius 2 is 2.33 bits per heavy atom. The number of carbonyl (C=O) groups is 1. The lowest BCUT2D eigenvalue weighted by atomic mass is 9.97. The minimum atomic E-state index is -0.303. The molecule has 0 spiro atoms. The normalized spacial score (nSPS) is 29.9. The van der Waals surface area contributed by atoms with Crippen LogP contribution >= 0.6 is 0 Å². The van der Waals surface area contributed by atoms with Gasteiger partial charge in [0.05, 0.1) is 0 Å². The molecule has 0 aromatic rings. The van der Waals surface area contributed by atoms with E-state index in [0.717, 1.165) is 12.8 Å². The lowest BCUT2D eigenvalue weighted by Crippen LogP contribution is -2.54. The zero-order valence-corrected chi connectivity index (χ0v) is 9.88. The van der Waals surface area contributed by atoms with Crippen molar-refractivity contribution in [2.45, 2.75) is 45.3 Å². The van der Waals surface area contributed by atoms with Gasteiger partial charge in [-0.2, -0.15) is 0 Å². The monoisotopic (exact) mass is 214 g/mol. The third kappa shape index (κ3) is 2.92. The van der Waals surface area contributed by atoms with Crippen LogP contribution in [0.1, 0.15) is 33.6 Å². The van der Waals surface area contributed by atoms with Gasteiger partial charge in [-0.25, -0.2) is 0 Å². The molecule has 1 fully saturated rings. The van der Waals surface area contributed by atoms with Gasteiger partial charge in [0.2, 0.25) is 5.91 Å². The van der Waals surface area contributed by atoms with Gasteiger partial charge in [0, 0.05) is 18.7 Å². The third-order valence-corrected chi connectivity index (χ3v) is 3.30. The Kier molecular flexibility index (Phi) is 4.11. The van der Waals surface area contributed by atoms with E-state index in [-0.39, 0.29) is 17.6 Å². The molecule has 1 rings (SSSR count). The molecule has 0 aromatic carbocycles. The van der Waals surface area contributed by atoms with Gasteiger partial charge in [-0.1, -0.05) is 13.8 Å². The van der Waals surface area contributed by atoms with Crippen molar-refractivity contribution in [3.05, 3.63) is 0 Å². The molecule has 1 amide bonds. The van der Waals surface area contributed by atoms with E-state index >= 15 is 0 Å². The van der Waals surface area contributed by atoms with E-state index in [1.165, 1.54) is 0 Å². The first-order chi connectivity index (χ1) is 7.02. The Morgan fingerprint density at radius 3 is 2.73 bits per heavy atom. The summed E-state index contributed by atoms with van der Waals surface area (Å²) in [6, 6.07) is 0. The SMILES string of the molecule is CCC(C)(CN)NC(=O)C1OCCC1C. The summed E-state index contributed by atoms with van der Waals surface area (Å²) >= 11 is 0. The second-order valence-corrected chi connectivity index (χ2v) is 4.66. The van der Waals surface area contributed by atoms with Crippen LogP contribution in [0.4, 0.5) is 0 Å². The highest BCUT2D eigenvalue weighted by Gasteiger charge is 2.34. The van der Waals surface area contributed by atoms with E-state index in [4.69, 9.17) is 10.5 Å². The van der Waals surface area contributed by atoms with Crippen molar-refractivity contribution in [2.24, 2.45) is 11.7 Å². The first kappa shape index (κ1) is 12.5. The highest BCUT2D eigenvalue weighted by molar-refractivity contribution is 5.82. The molecule has 1 aliphatic rings. The van der Waals surface area contributed by atoms with Crippen LogP contribution in [-0.2, 0) is 9.53 Å². The number of nitrogens with one attached hydrogen (secondary N) is 1. The molecule has 3 unspecified atom stereocenters. The molecule has 15 heavy (non-hydrogen) atoms. The Hall–Kier alpha value is -0.610. The maximum atomic E-state index is 11.9. The molecule has 0 aliphatic carbocycles. The molecule has 4 heteroatoms. The minimum Gasteiger partial charge on any atom is -0.368 e. The van der Waals surface area contributed by atoms with Crippen LogP contribution in [0.25, 0.3) is 0 Å². The van der Waals surface area contributed by atoms with Crippen LogP contribution in [-0.4, -0.2) is 30.7 Å². The van der Waals surface area contributed by atoms with Gasteiger partial charge in [0.15, 0.2) is 0 Å². The van der Waals surface area contributed by atoms with Crippen molar-refractivity contribution in [2.75, 3.05) is 13.2 Å². The molecule has 3 atom stereocenters. The van der Waals surface area contributed by atoms with Crippen LogP contribution in [0, 0.1) is 5.92 Å². The van der Waals surface area contributed by atoms with Crippen LogP contribution in [0.3, 0.4) is 0 Å². The highest BCUT2D eigenvalue weighted by Crippen LogP contribution is 2.21. The molecule has 4 nitrogen and oxygen atoms in total. The average Bonchev–Trinajstić information content (AvgIpc) is 2.64. The molecule has 1 heterocycles. The number of rotatable bonds is 4. The number of amides is 1. The number of carbonyl (C=O) groups excluding carboxylic acids is 1. The quantitative estimate of drug-likeness (QED) is 0.722. The van der Waals surface area contributed by atoms with Gasteiger partial charge in [-0.05, 0) is 25.7 Å². The molecule has 0 saturated carbocycles. The Labute approximate surface area is 91.5 Å². The smallest absolute Gasteiger partial charge is 0.249 e. The van der Waals surface area contributed by atoms with Crippen molar-refractivity contribution in [1.29, 1.82) is 0 Å². The van der Waals surface area contributed by atoms with E-state index in [0.29, 0.717) is 19.1 Å². The van der Waals surface area contributed by atoms with Crippen molar-refractivity contribution >= 4 is 5.91 Å². The number of ether oxygens (including phenoxy) is 1. The van der Waals surface area contributed by atoms with Gasteiger partial charge in [0.25, 0.3) is 0 Å². The maximum absolute atomic E-state index is 11.9. The second-order valence-electron chi connectivity index (χ2n) is 4.66. The molecule has 0 aromatic heterocycles. The fourth-order valence-electron chi connectivity index (χ4n) is 1.68. The summed E-state index contributed by atoms with van der Waals surface area (Å²) in [4.78, 5) is 11.9. The summed E-state index contributed by atoms with van der Waals surface area (Å²) < 4.78 is 5.41. The fraction of sp³-hybridized carbons (Fsp3) is 0.909. The molecule has 1 aliphatic heterocycles. The van der Waals surface area contributed by atoms with Crippen molar-refractivity contribution in [1.82, 2.24) is 5.32 Å². The van der Waals surface area contributed by atoms with Gasteiger partial charge in [-0.3, -0.25) is 4.79 Å². The van der Waals surface area contributed by atoms with E-state index in [1.54, 1.807) is 0 Å². The molecule has 0 bridgehead atoms. The molecule has 1 saturated heterocycles.